The van der Waals surface area contributed by atoms with Crippen molar-refractivity contribution in [2.75, 3.05) is 5.32 Å². The van der Waals surface area contributed by atoms with Crippen molar-refractivity contribution in [1.82, 2.24) is 14.1 Å². The molecule has 0 fully saturated rings. The number of pyridine rings is 1. The van der Waals surface area contributed by atoms with Gasteiger partial charge >= 0.3 is 5.69 Å². The Kier molecular flexibility index (Phi) is 3.36. The molecule has 0 saturated carbocycles. The lowest BCUT2D eigenvalue weighted by atomic mass is 10.2. The number of nitrogens with one attached hydrogen (secondary N) is 1. The molecule has 23 heavy (non-hydrogen) atoms. The Hall–Kier alpha value is -3.16. The van der Waals surface area contributed by atoms with Crippen LogP contribution in [0.25, 0.3) is 11.0 Å². The van der Waals surface area contributed by atoms with Crippen LogP contribution in [0.4, 0.5) is 5.69 Å². The lowest BCUT2D eigenvalue weighted by Gasteiger charge is -2.08. The molecular weight excluding hydrogens is 300 g/mol. The maximum absolute atomic E-state index is 12.2. The van der Waals surface area contributed by atoms with Crippen molar-refractivity contribution in [1.29, 1.82) is 0 Å². The minimum absolute atomic E-state index is 0.193. The molecule has 8 heteroatoms. The highest BCUT2D eigenvalue weighted by atomic mass is 16.3. The largest absolute Gasteiger partial charge is 0.459 e. The van der Waals surface area contributed by atoms with Crippen molar-refractivity contribution in [3.63, 3.8) is 0 Å². The summed E-state index contributed by atoms with van der Waals surface area (Å²) >= 11 is 0. The molecule has 8 nitrogen and oxygen atoms in total. The van der Waals surface area contributed by atoms with Gasteiger partial charge in [0.1, 0.15) is 5.65 Å². The van der Waals surface area contributed by atoms with Crippen molar-refractivity contribution in [2.45, 2.75) is 6.92 Å². The Morgan fingerprint density at radius 2 is 2.00 bits per heavy atom. The van der Waals surface area contributed by atoms with E-state index in [1.807, 2.05) is 0 Å². The number of hydrogen-bond acceptors (Lipinski definition) is 5. The molecular formula is C15H14N4O4. The Morgan fingerprint density at radius 1 is 1.26 bits per heavy atom. The van der Waals surface area contributed by atoms with Gasteiger partial charge in [0, 0.05) is 19.7 Å². The third-order valence-electron chi connectivity index (χ3n) is 3.62. The molecule has 0 saturated heterocycles. The van der Waals surface area contributed by atoms with E-state index >= 15 is 0 Å². The van der Waals surface area contributed by atoms with Crippen LogP contribution in [0.2, 0.25) is 0 Å². The number of rotatable bonds is 2. The Balaban J connectivity index is 2.08. The van der Waals surface area contributed by atoms with Gasteiger partial charge in [0.2, 0.25) is 0 Å². The van der Waals surface area contributed by atoms with E-state index in [2.05, 4.69) is 10.3 Å². The van der Waals surface area contributed by atoms with Crippen LogP contribution in [-0.4, -0.2) is 20.0 Å². The predicted molar refractivity (Wildman–Crippen MR) is 83.6 cm³/mol. The van der Waals surface area contributed by atoms with Crippen molar-refractivity contribution in [3.05, 3.63) is 56.8 Å². The van der Waals surface area contributed by atoms with Crippen molar-refractivity contribution in [2.24, 2.45) is 14.1 Å². The van der Waals surface area contributed by atoms with E-state index in [1.165, 1.54) is 37.2 Å². The first-order valence-corrected chi connectivity index (χ1v) is 6.81. The monoisotopic (exact) mass is 314 g/mol. The molecule has 0 atom stereocenters. The molecule has 3 heterocycles. The number of aryl methyl sites for hydroxylation is 2. The molecule has 0 aliphatic carbocycles. The van der Waals surface area contributed by atoms with Gasteiger partial charge in [-0.05, 0) is 19.1 Å². The van der Waals surface area contributed by atoms with Crippen LogP contribution in [0.15, 0.2) is 38.6 Å². The van der Waals surface area contributed by atoms with Gasteiger partial charge in [-0.3, -0.25) is 18.7 Å². The van der Waals surface area contributed by atoms with Crippen molar-refractivity contribution >= 4 is 22.6 Å². The normalized spacial score (nSPS) is 10.9. The maximum Gasteiger partial charge on any atom is 0.332 e. The van der Waals surface area contributed by atoms with E-state index in [0.29, 0.717) is 11.3 Å². The second-order valence-electron chi connectivity index (χ2n) is 5.19. The first-order valence-electron chi connectivity index (χ1n) is 6.81. The lowest BCUT2D eigenvalue weighted by Crippen LogP contribution is -2.37. The zero-order chi connectivity index (χ0) is 16.7. The molecule has 0 spiro atoms. The molecule has 1 amide bonds. The molecule has 0 aliphatic rings. The molecule has 118 valence electrons. The average molecular weight is 314 g/mol. The van der Waals surface area contributed by atoms with Crippen molar-refractivity contribution in [3.8, 4) is 0 Å². The Bertz CT molecular complexity index is 1040. The van der Waals surface area contributed by atoms with Gasteiger partial charge in [-0.1, -0.05) is 0 Å². The number of aromatic nitrogens is 3. The summed E-state index contributed by atoms with van der Waals surface area (Å²) in [5.74, 6) is -0.242. The summed E-state index contributed by atoms with van der Waals surface area (Å²) in [4.78, 5) is 40.3. The van der Waals surface area contributed by atoms with Crippen LogP contribution in [0.1, 0.15) is 16.1 Å². The standard InChI is InChI=1S/C15H14N4O4/c1-8-4-5-23-11(8)13(20)17-9-6-10-12(16-7-9)18(2)15(22)19(3)14(10)21/h4-7H,1-3H3,(H,17,20). The third-order valence-corrected chi connectivity index (χ3v) is 3.62. The number of hydrogen-bond donors (Lipinski definition) is 1. The maximum atomic E-state index is 12.2. The Morgan fingerprint density at radius 3 is 2.65 bits per heavy atom. The zero-order valence-corrected chi connectivity index (χ0v) is 12.8. The van der Waals surface area contributed by atoms with Gasteiger partial charge in [0.25, 0.3) is 11.5 Å². The SMILES string of the molecule is Cc1ccoc1C(=O)Nc1cnc2c(c1)c(=O)n(C)c(=O)n2C. The number of carbonyl (C=O) groups excluding carboxylic acids is 1. The number of carbonyl (C=O) groups is 1. The molecule has 3 aromatic rings. The van der Waals surface area contributed by atoms with Crippen LogP contribution in [0.5, 0.6) is 0 Å². The quantitative estimate of drug-likeness (QED) is 0.754. The number of amides is 1. The summed E-state index contributed by atoms with van der Waals surface area (Å²) in [6.07, 6.45) is 2.81. The molecule has 0 aromatic carbocycles. The van der Waals surface area contributed by atoms with Crippen LogP contribution >= 0.6 is 0 Å². The molecule has 3 rings (SSSR count). The fourth-order valence-electron chi connectivity index (χ4n) is 2.33. The highest BCUT2D eigenvalue weighted by Gasteiger charge is 2.15. The Labute approximate surface area is 130 Å². The molecule has 3 aromatic heterocycles. The van der Waals surface area contributed by atoms with Gasteiger partial charge in [-0.2, -0.15) is 0 Å². The van der Waals surface area contributed by atoms with E-state index in [1.54, 1.807) is 13.0 Å². The minimum Gasteiger partial charge on any atom is -0.459 e. The smallest absolute Gasteiger partial charge is 0.332 e. The predicted octanol–water partition coefficient (Wildman–Crippen LogP) is 0.786. The molecule has 0 aliphatic heterocycles. The van der Waals surface area contributed by atoms with E-state index in [4.69, 9.17) is 4.42 Å². The van der Waals surface area contributed by atoms with Crippen LogP contribution in [-0.2, 0) is 14.1 Å². The molecule has 0 unspecified atom stereocenters. The van der Waals surface area contributed by atoms with E-state index in [-0.39, 0.29) is 16.8 Å². The second kappa shape index (κ2) is 5.24. The summed E-state index contributed by atoms with van der Waals surface area (Å²) in [7, 11) is 2.92. The fourth-order valence-corrected chi connectivity index (χ4v) is 2.33. The van der Waals surface area contributed by atoms with Gasteiger partial charge < -0.3 is 9.73 Å². The number of nitrogens with zero attached hydrogens (tertiary/aromatic N) is 3. The topological polar surface area (TPSA) is 99.1 Å². The van der Waals surface area contributed by atoms with Gasteiger partial charge in [0.05, 0.1) is 23.5 Å². The van der Waals surface area contributed by atoms with Gasteiger partial charge in [-0.25, -0.2) is 9.78 Å². The summed E-state index contributed by atoms with van der Waals surface area (Å²) in [5.41, 5.74) is 0.368. The average Bonchev–Trinajstić information content (AvgIpc) is 2.97. The van der Waals surface area contributed by atoms with Crippen LogP contribution < -0.4 is 16.6 Å². The number of anilines is 1. The summed E-state index contributed by atoms with van der Waals surface area (Å²) in [6, 6.07) is 3.17. The van der Waals surface area contributed by atoms with Gasteiger partial charge in [-0.15, -0.1) is 0 Å². The highest BCUT2D eigenvalue weighted by molar-refractivity contribution is 6.03. The van der Waals surface area contributed by atoms with E-state index in [0.717, 1.165) is 4.57 Å². The van der Waals surface area contributed by atoms with E-state index < -0.39 is 17.2 Å². The molecule has 0 bridgehead atoms. The van der Waals surface area contributed by atoms with Crippen LogP contribution in [0.3, 0.4) is 0 Å². The first kappa shape index (κ1) is 14.8. The number of furan rings is 1. The van der Waals surface area contributed by atoms with Gasteiger partial charge in [0.15, 0.2) is 5.76 Å². The fraction of sp³-hybridized carbons (Fsp3) is 0.200. The van der Waals surface area contributed by atoms with E-state index in [9.17, 15) is 14.4 Å². The summed E-state index contributed by atoms with van der Waals surface area (Å²) in [6.45, 7) is 1.75. The highest BCUT2D eigenvalue weighted by Crippen LogP contribution is 2.15. The van der Waals surface area contributed by atoms with Crippen molar-refractivity contribution < 1.29 is 9.21 Å². The van der Waals surface area contributed by atoms with Crippen LogP contribution in [0, 0.1) is 6.92 Å². The molecule has 1 N–H and O–H groups in total. The zero-order valence-electron chi connectivity index (χ0n) is 12.8. The minimum atomic E-state index is -0.471. The third kappa shape index (κ3) is 2.33. The number of fused-ring (bicyclic) bond motifs is 1. The summed E-state index contributed by atoms with van der Waals surface area (Å²) in [5, 5.41) is 2.87. The molecule has 0 radical (unpaired) electrons. The lowest BCUT2D eigenvalue weighted by molar-refractivity contribution is 0.0996. The second-order valence-corrected chi connectivity index (χ2v) is 5.19. The first-order chi connectivity index (χ1) is 10.9. The summed E-state index contributed by atoms with van der Waals surface area (Å²) < 4.78 is 7.39.